The number of ether oxygens (including phenoxy) is 1. The Balaban J connectivity index is 2.08. The summed E-state index contributed by atoms with van der Waals surface area (Å²) in [7, 11) is -15.1. The molecule has 0 bridgehead atoms. The van der Waals surface area contributed by atoms with Gasteiger partial charge in [-0.1, -0.05) is 186 Å². The Morgan fingerprint density at radius 1 is 0.735 bits per heavy atom. The van der Waals surface area contributed by atoms with Crippen molar-refractivity contribution in [1.29, 1.82) is 0 Å². The molecule has 10 nitrogen and oxygen atoms in total. The fourth-order valence-corrected chi connectivity index (χ4v) is 18.8. The zero-order chi connectivity index (χ0) is 51.5. The fraction of sp³-hybridized carbons (Fsp3) is 0.566. The summed E-state index contributed by atoms with van der Waals surface area (Å²) in [6, 6.07) is 23.5. The lowest BCUT2D eigenvalue weighted by Gasteiger charge is -2.45. The molecule has 1 aliphatic heterocycles. The summed E-state index contributed by atoms with van der Waals surface area (Å²) in [6.45, 7) is 36.9. The minimum Gasteiger partial charge on any atom is -0.452 e. The lowest BCUT2D eigenvalue weighted by Crippen LogP contribution is -2.66. The Bertz CT molecular complexity index is 2040. The number of phosphoric ester groups is 1. The van der Waals surface area contributed by atoms with Gasteiger partial charge in [-0.2, -0.15) is 0 Å². The maximum Gasteiger partial charge on any atom is 0.469 e. The normalized spacial score (nSPS) is 19.3. The quantitative estimate of drug-likeness (QED) is 0.0345. The topological polar surface area (TPSA) is 130 Å². The monoisotopic (exact) mass is 1030 g/mol. The van der Waals surface area contributed by atoms with Crippen molar-refractivity contribution in [3.8, 4) is 0 Å². The zero-order valence-corrected chi connectivity index (χ0v) is 49.4. The fourth-order valence-electron chi connectivity index (χ4n) is 8.09. The van der Waals surface area contributed by atoms with Gasteiger partial charge in [-0.25, -0.2) is 9.36 Å². The van der Waals surface area contributed by atoms with Crippen LogP contribution < -0.4 is 10.4 Å². The third-order valence-electron chi connectivity index (χ3n) is 14.4. The van der Waals surface area contributed by atoms with E-state index in [0.717, 1.165) is 18.1 Å². The van der Waals surface area contributed by atoms with E-state index in [0.29, 0.717) is 6.61 Å². The Labute approximate surface area is 415 Å². The van der Waals surface area contributed by atoms with E-state index in [9.17, 15) is 19.1 Å². The van der Waals surface area contributed by atoms with E-state index >= 15 is 0 Å². The van der Waals surface area contributed by atoms with Crippen molar-refractivity contribution >= 4 is 57.4 Å². The van der Waals surface area contributed by atoms with Crippen LogP contribution in [0.2, 0.25) is 59.4 Å². The van der Waals surface area contributed by atoms with Gasteiger partial charge in [0.2, 0.25) is 0 Å². The van der Waals surface area contributed by atoms with Crippen LogP contribution in [0, 0.1) is 0 Å². The summed E-state index contributed by atoms with van der Waals surface area (Å²) in [6.07, 6.45) is 15.2. The summed E-state index contributed by atoms with van der Waals surface area (Å²) in [5.41, 5.74) is -1.39. The number of esters is 1. The maximum atomic E-state index is 13.0. The van der Waals surface area contributed by atoms with Crippen LogP contribution in [0.25, 0.3) is 0 Å². The maximum absolute atomic E-state index is 13.0. The molecule has 68 heavy (non-hydrogen) atoms. The predicted molar refractivity (Wildman–Crippen MR) is 292 cm³/mol. The van der Waals surface area contributed by atoms with Gasteiger partial charge in [0.15, 0.2) is 25.0 Å². The number of carbonyl (C=O) groups excluding carboxylic acids is 1. The molecule has 0 saturated heterocycles. The number of benzene rings is 2. The molecule has 1 aliphatic rings. The predicted octanol–water partition coefficient (Wildman–Crippen LogP) is 12.7. The van der Waals surface area contributed by atoms with Crippen molar-refractivity contribution < 1.29 is 46.1 Å². The number of phosphoric acid groups is 1. The van der Waals surface area contributed by atoms with Crippen molar-refractivity contribution in [2.45, 2.75) is 186 Å². The molecule has 0 radical (unpaired) electrons. The minimum atomic E-state index is -5.10. The van der Waals surface area contributed by atoms with Crippen LogP contribution in [0.3, 0.4) is 0 Å². The number of rotatable bonds is 24. The van der Waals surface area contributed by atoms with Crippen LogP contribution in [0.15, 0.2) is 121 Å². The highest BCUT2D eigenvalue weighted by Gasteiger charge is 2.51. The first-order chi connectivity index (χ1) is 31.3. The summed E-state index contributed by atoms with van der Waals surface area (Å²) in [5, 5.41) is 2.02. The molecule has 0 aliphatic carbocycles. The van der Waals surface area contributed by atoms with E-state index in [2.05, 4.69) is 158 Å². The first-order valence-corrected chi connectivity index (χ1v) is 36.2. The molecule has 15 heteroatoms. The van der Waals surface area contributed by atoms with Gasteiger partial charge < -0.3 is 32.2 Å². The smallest absolute Gasteiger partial charge is 0.452 e. The molecule has 0 amide bonds. The lowest BCUT2D eigenvalue weighted by molar-refractivity contribution is -0.145. The third kappa shape index (κ3) is 16.2. The van der Waals surface area contributed by atoms with Crippen molar-refractivity contribution in [3.63, 3.8) is 0 Å². The first kappa shape index (κ1) is 59.7. The van der Waals surface area contributed by atoms with E-state index in [-0.39, 0.29) is 21.5 Å². The molecule has 0 aromatic heterocycles. The van der Waals surface area contributed by atoms with Crippen LogP contribution >= 0.6 is 7.82 Å². The first-order valence-electron chi connectivity index (χ1n) is 24.4. The average Bonchev–Trinajstić information content (AvgIpc) is 3.23. The van der Waals surface area contributed by atoms with Gasteiger partial charge in [-0.05, 0) is 88.9 Å². The SMILES string of the molecule is CC[Si](CC)(CC)O[C@](C)(/C=C/[C@@H]1OC(=O)C=C[C@@H]1O[Si](C)(C)C(C)(C)C)[C@@H](C[C@H](\C=C/C=C\C=C\CO[Si](c1ccccc1)(c1ccccc1)C(C)(C)C)O[Si](C)(C)C(C)(C)C)OP(=O)(O)O. The van der Waals surface area contributed by atoms with E-state index < -0.39 is 77.1 Å². The molecule has 2 aromatic rings. The molecular weight excluding hydrogens is 940 g/mol. The van der Waals surface area contributed by atoms with Gasteiger partial charge in [0, 0.05) is 12.5 Å². The highest BCUT2D eigenvalue weighted by molar-refractivity contribution is 7.46. The van der Waals surface area contributed by atoms with Gasteiger partial charge in [0.25, 0.3) is 8.32 Å². The van der Waals surface area contributed by atoms with Gasteiger partial charge in [-0.3, -0.25) is 4.52 Å². The Kier molecular flexibility index (Phi) is 21.3. The number of allylic oxidation sites excluding steroid dienone is 4. The second-order valence-electron chi connectivity index (χ2n) is 22.4. The molecule has 2 N–H and O–H groups in total. The molecule has 2 aromatic carbocycles. The van der Waals surface area contributed by atoms with E-state index in [4.69, 9.17) is 27.0 Å². The Morgan fingerprint density at radius 3 is 1.72 bits per heavy atom. The van der Waals surface area contributed by atoms with Crippen molar-refractivity contribution in [3.05, 3.63) is 121 Å². The number of hydrogen-bond donors (Lipinski definition) is 2. The number of hydrogen-bond acceptors (Lipinski definition) is 8. The second-order valence-corrected chi connectivity index (χ2v) is 42.1. The standard InChI is InChI=1S/C53H87O10PSi4/c1-18-67(19-2,20-3)63-53(13,40-39-46-47(37-38-49(54)59-46)62-66(16,17)51(7,8)9)48(60-64(55,56)57)42-43(61-65(14,15)50(4,5)6)32-26-22-21-23-31-41-58-68(52(10,11)12,44-33-27-24-28-34-44)45-35-29-25-30-36-45/h21-40,43,46-48H,18-20,41-42H2,1-17H3,(H2,55,56,57)/b22-21-,31-23+,32-26-,40-39+/t43-,46-,47-,48+,53+/m0/s1. The molecule has 0 unspecified atom stereocenters. The van der Waals surface area contributed by atoms with Crippen molar-refractivity contribution in [2.75, 3.05) is 6.61 Å². The van der Waals surface area contributed by atoms with E-state index in [1.807, 2.05) is 55.5 Å². The van der Waals surface area contributed by atoms with Crippen LogP contribution in [-0.4, -0.2) is 85.6 Å². The molecule has 1 heterocycles. The van der Waals surface area contributed by atoms with Gasteiger partial charge in [0.1, 0.15) is 18.3 Å². The van der Waals surface area contributed by atoms with Crippen molar-refractivity contribution in [1.82, 2.24) is 0 Å². The van der Waals surface area contributed by atoms with Gasteiger partial charge in [-0.15, -0.1) is 0 Å². The summed E-state index contributed by atoms with van der Waals surface area (Å²) < 4.78 is 52.9. The van der Waals surface area contributed by atoms with Crippen molar-refractivity contribution in [2.24, 2.45) is 0 Å². The highest BCUT2D eigenvalue weighted by atomic mass is 31.2. The molecular formula is C53H87O10PSi4. The molecule has 0 spiro atoms. The van der Waals surface area contributed by atoms with Crippen LogP contribution in [0.4, 0.5) is 0 Å². The number of cyclic esters (lactones) is 1. The molecule has 0 fully saturated rings. The summed E-state index contributed by atoms with van der Waals surface area (Å²) in [4.78, 5) is 33.9. The molecule has 5 atom stereocenters. The molecule has 3 rings (SSSR count). The molecule has 380 valence electrons. The largest absolute Gasteiger partial charge is 0.469 e. The number of carbonyl (C=O) groups is 1. The summed E-state index contributed by atoms with van der Waals surface area (Å²) in [5.74, 6) is -0.498. The Hall–Kier alpha value is -2.57. The summed E-state index contributed by atoms with van der Waals surface area (Å²) >= 11 is 0. The van der Waals surface area contributed by atoms with Gasteiger partial charge in [0.05, 0.1) is 18.3 Å². The van der Waals surface area contributed by atoms with Gasteiger partial charge >= 0.3 is 13.8 Å². The van der Waals surface area contributed by atoms with Crippen LogP contribution in [0.1, 0.15) is 96.4 Å². The van der Waals surface area contributed by atoms with E-state index in [1.165, 1.54) is 16.4 Å². The van der Waals surface area contributed by atoms with Crippen LogP contribution in [-0.2, 0) is 36.3 Å². The molecule has 0 saturated carbocycles. The van der Waals surface area contributed by atoms with Crippen LogP contribution in [0.5, 0.6) is 0 Å². The average molecular weight is 1030 g/mol. The Morgan fingerprint density at radius 2 is 1.25 bits per heavy atom. The second kappa shape index (κ2) is 24.2. The zero-order valence-electron chi connectivity index (χ0n) is 44.5. The lowest BCUT2D eigenvalue weighted by atomic mass is 9.92. The minimum absolute atomic E-state index is 0.0564. The van der Waals surface area contributed by atoms with E-state index in [1.54, 1.807) is 18.2 Å². The highest BCUT2D eigenvalue weighted by Crippen LogP contribution is 2.46. The third-order valence-corrected chi connectivity index (χ3v) is 33.7.